The molecule has 4 N–H and O–H groups in total. The average molecular weight is 322 g/mol. The van der Waals surface area contributed by atoms with E-state index in [0.29, 0.717) is 4.47 Å². The summed E-state index contributed by atoms with van der Waals surface area (Å²) in [7, 11) is -2.36. The third-order valence-electron chi connectivity index (χ3n) is 1.97. The number of halogens is 1. The number of nitrogen functional groups attached to an aromatic ring is 1. The molecular formula is C9H12BrN3O3S. The topological polar surface area (TPSA) is 101 Å². The van der Waals surface area contributed by atoms with Crippen LogP contribution in [0.15, 0.2) is 27.6 Å². The molecule has 0 aliphatic carbocycles. The molecule has 0 saturated heterocycles. The van der Waals surface area contributed by atoms with Crippen molar-refractivity contribution in [2.75, 3.05) is 19.3 Å². The number of carbonyl (C=O) groups excluding carboxylic acids is 1. The van der Waals surface area contributed by atoms with Crippen LogP contribution < -0.4 is 15.8 Å². The first-order valence-corrected chi connectivity index (χ1v) is 6.89. The zero-order valence-electron chi connectivity index (χ0n) is 9.03. The van der Waals surface area contributed by atoms with E-state index in [2.05, 4.69) is 26.0 Å². The Morgan fingerprint density at radius 3 is 2.71 bits per heavy atom. The summed E-state index contributed by atoms with van der Waals surface area (Å²) in [5.74, 6) is -0.429. The number of hydrogen-bond acceptors (Lipinski definition) is 4. The summed E-state index contributed by atoms with van der Waals surface area (Å²) in [6.07, 6.45) is 0. The van der Waals surface area contributed by atoms with Crippen molar-refractivity contribution in [3.05, 3.63) is 22.7 Å². The second kappa shape index (κ2) is 5.48. The second-order valence-electron chi connectivity index (χ2n) is 3.18. The van der Waals surface area contributed by atoms with Gasteiger partial charge in [-0.15, -0.1) is 0 Å². The first-order chi connectivity index (χ1) is 7.86. The summed E-state index contributed by atoms with van der Waals surface area (Å²) in [6.45, 7) is -0.329. The van der Waals surface area contributed by atoms with Gasteiger partial charge in [-0.05, 0) is 18.2 Å². The van der Waals surface area contributed by atoms with Crippen LogP contribution in [0.1, 0.15) is 0 Å². The highest BCUT2D eigenvalue weighted by Gasteiger charge is 2.18. The maximum absolute atomic E-state index is 11.8. The van der Waals surface area contributed by atoms with Crippen molar-refractivity contribution in [2.24, 2.45) is 0 Å². The van der Waals surface area contributed by atoms with Crippen molar-refractivity contribution < 1.29 is 13.2 Å². The molecule has 0 aliphatic rings. The molecule has 1 aromatic rings. The molecule has 0 radical (unpaired) electrons. The number of nitrogens with two attached hydrogens (primary N) is 1. The normalized spacial score (nSPS) is 11.2. The van der Waals surface area contributed by atoms with E-state index >= 15 is 0 Å². The number of amides is 1. The minimum Gasteiger partial charge on any atom is -0.398 e. The van der Waals surface area contributed by atoms with Gasteiger partial charge in [-0.1, -0.05) is 15.9 Å². The molecule has 1 rings (SSSR count). The quantitative estimate of drug-likeness (QED) is 0.682. The van der Waals surface area contributed by atoms with E-state index in [0.717, 1.165) is 0 Å². The summed E-state index contributed by atoms with van der Waals surface area (Å²) < 4.78 is 26.4. The van der Waals surface area contributed by atoms with Crippen molar-refractivity contribution in [2.45, 2.75) is 4.90 Å². The maximum Gasteiger partial charge on any atom is 0.243 e. The summed E-state index contributed by atoms with van der Waals surface area (Å²) in [4.78, 5) is 10.9. The zero-order valence-corrected chi connectivity index (χ0v) is 11.4. The van der Waals surface area contributed by atoms with Crippen molar-refractivity contribution in [3.8, 4) is 0 Å². The Morgan fingerprint density at radius 1 is 1.47 bits per heavy atom. The fourth-order valence-electron chi connectivity index (χ4n) is 1.07. The lowest BCUT2D eigenvalue weighted by Gasteiger charge is -2.08. The number of anilines is 1. The van der Waals surface area contributed by atoms with Crippen LogP contribution >= 0.6 is 15.9 Å². The largest absolute Gasteiger partial charge is 0.398 e. The van der Waals surface area contributed by atoms with Crippen molar-refractivity contribution in [1.82, 2.24) is 10.0 Å². The molecule has 0 aromatic heterocycles. The van der Waals surface area contributed by atoms with Gasteiger partial charge in [0.1, 0.15) is 4.90 Å². The highest BCUT2D eigenvalue weighted by Crippen LogP contribution is 2.22. The molecule has 0 aliphatic heterocycles. The predicted molar refractivity (Wildman–Crippen MR) is 67.8 cm³/mol. The lowest BCUT2D eigenvalue weighted by molar-refractivity contribution is -0.119. The lowest BCUT2D eigenvalue weighted by Crippen LogP contribution is -2.35. The molecule has 94 valence electrons. The molecular weight excluding hydrogens is 310 g/mol. The number of carbonyl (C=O) groups is 1. The molecule has 1 amide bonds. The molecule has 1 aromatic carbocycles. The zero-order chi connectivity index (χ0) is 13.1. The molecule has 0 fully saturated rings. The van der Waals surface area contributed by atoms with Crippen LogP contribution in [0.4, 0.5) is 5.69 Å². The molecule has 0 atom stereocenters. The van der Waals surface area contributed by atoms with E-state index in [9.17, 15) is 13.2 Å². The number of rotatable bonds is 4. The summed E-state index contributed by atoms with van der Waals surface area (Å²) >= 11 is 3.16. The first-order valence-electron chi connectivity index (χ1n) is 4.62. The molecule has 0 spiro atoms. The van der Waals surface area contributed by atoms with Crippen LogP contribution in [0, 0.1) is 0 Å². The number of benzene rings is 1. The van der Waals surface area contributed by atoms with Gasteiger partial charge in [0.05, 0.1) is 12.2 Å². The van der Waals surface area contributed by atoms with Gasteiger partial charge in [-0.2, -0.15) is 0 Å². The molecule has 17 heavy (non-hydrogen) atoms. The average Bonchev–Trinajstić information content (AvgIpc) is 2.29. The predicted octanol–water partition coefficient (Wildman–Crippen LogP) is 0.0556. The summed E-state index contributed by atoms with van der Waals surface area (Å²) in [5, 5.41) is 2.31. The molecule has 0 unspecified atom stereocenters. The van der Waals surface area contributed by atoms with E-state index in [1.165, 1.54) is 19.2 Å². The Kier molecular flexibility index (Phi) is 4.49. The Hall–Kier alpha value is -1.12. The number of sulfonamides is 1. The summed E-state index contributed by atoms with van der Waals surface area (Å²) in [6, 6.07) is 4.48. The van der Waals surface area contributed by atoms with Crippen molar-refractivity contribution in [3.63, 3.8) is 0 Å². The summed E-state index contributed by atoms with van der Waals surface area (Å²) in [5.41, 5.74) is 5.70. The minimum absolute atomic E-state index is 0.0595. The van der Waals surface area contributed by atoms with Gasteiger partial charge in [-0.25, -0.2) is 13.1 Å². The maximum atomic E-state index is 11.8. The number of nitrogens with one attached hydrogen (secondary N) is 2. The third-order valence-corrected chi connectivity index (χ3v) is 3.92. The Bertz CT molecular complexity index is 530. The lowest BCUT2D eigenvalue weighted by atomic mass is 10.3. The van der Waals surface area contributed by atoms with E-state index < -0.39 is 15.9 Å². The molecule has 0 heterocycles. The van der Waals surface area contributed by atoms with Crippen LogP contribution in [0.3, 0.4) is 0 Å². The molecule has 8 heteroatoms. The van der Waals surface area contributed by atoms with Gasteiger partial charge in [0.25, 0.3) is 0 Å². The fraction of sp³-hybridized carbons (Fsp3) is 0.222. The van der Waals surface area contributed by atoms with Gasteiger partial charge in [0.2, 0.25) is 15.9 Å². The Morgan fingerprint density at radius 2 is 2.12 bits per heavy atom. The van der Waals surface area contributed by atoms with Crippen molar-refractivity contribution >= 4 is 37.5 Å². The van der Waals surface area contributed by atoms with E-state index in [1.54, 1.807) is 6.07 Å². The van der Waals surface area contributed by atoms with Gasteiger partial charge < -0.3 is 11.1 Å². The monoisotopic (exact) mass is 321 g/mol. The van der Waals surface area contributed by atoms with E-state index in [1.807, 2.05) is 0 Å². The van der Waals surface area contributed by atoms with E-state index in [4.69, 9.17) is 5.73 Å². The highest BCUT2D eigenvalue weighted by atomic mass is 79.9. The second-order valence-corrected chi connectivity index (χ2v) is 5.83. The Labute approximate surface area is 108 Å². The van der Waals surface area contributed by atoms with Crippen LogP contribution in [0.5, 0.6) is 0 Å². The SMILES string of the molecule is CNC(=O)CNS(=O)(=O)c1cc(Br)ccc1N. The van der Waals surface area contributed by atoms with E-state index in [-0.39, 0.29) is 17.1 Å². The van der Waals surface area contributed by atoms with Crippen LogP contribution in [0.25, 0.3) is 0 Å². The third kappa shape index (κ3) is 3.69. The van der Waals surface area contributed by atoms with Gasteiger partial charge >= 0.3 is 0 Å². The van der Waals surface area contributed by atoms with Gasteiger partial charge in [-0.3, -0.25) is 4.79 Å². The highest BCUT2D eigenvalue weighted by molar-refractivity contribution is 9.10. The Balaban J connectivity index is 2.97. The molecule has 0 bridgehead atoms. The van der Waals surface area contributed by atoms with Crippen molar-refractivity contribution in [1.29, 1.82) is 0 Å². The smallest absolute Gasteiger partial charge is 0.243 e. The molecule has 6 nitrogen and oxygen atoms in total. The first kappa shape index (κ1) is 13.9. The van der Waals surface area contributed by atoms with Gasteiger partial charge in [0.15, 0.2) is 0 Å². The van der Waals surface area contributed by atoms with Crippen LogP contribution in [-0.4, -0.2) is 27.9 Å². The number of likely N-dealkylation sites (N-methyl/N-ethyl adjacent to an activating group) is 1. The number of hydrogen-bond donors (Lipinski definition) is 3. The molecule has 0 saturated carbocycles. The minimum atomic E-state index is -3.78. The standard InChI is InChI=1S/C9H12BrN3O3S/c1-12-9(14)5-13-17(15,16)8-4-6(10)2-3-7(8)11/h2-4,13H,5,11H2,1H3,(H,12,14). The van der Waals surface area contributed by atoms with Gasteiger partial charge in [0, 0.05) is 11.5 Å². The fourth-order valence-corrected chi connectivity index (χ4v) is 2.72. The van der Waals surface area contributed by atoms with Crippen LogP contribution in [-0.2, 0) is 14.8 Å². The van der Waals surface area contributed by atoms with Crippen LogP contribution in [0.2, 0.25) is 0 Å².